The molecule has 1 heterocycles. The molecule has 18 heavy (non-hydrogen) atoms. The second-order valence-corrected chi connectivity index (χ2v) is 7.33. The van der Waals surface area contributed by atoms with E-state index in [0.29, 0.717) is 0 Å². The van der Waals surface area contributed by atoms with Crippen LogP contribution in [0, 0.1) is 12.8 Å². The normalized spacial score (nSPS) is 20.3. The highest BCUT2D eigenvalue weighted by atomic mass is 32.2. The van der Waals surface area contributed by atoms with Crippen molar-refractivity contribution in [3.63, 3.8) is 0 Å². The van der Waals surface area contributed by atoms with Gasteiger partial charge in [0.15, 0.2) is 0 Å². The lowest BCUT2D eigenvalue weighted by Crippen LogP contribution is -2.11. The Labute approximate surface area is 115 Å². The molecule has 1 aliphatic rings. The van der Waals surface area contributed by atoms with Gasteiger partial charge in [-0.25, -0.2) is 0 Å². The summed E-state index contributed by atoms with van der Waals surface area (Å²) in [6, 6.07) is 6.89. The fraction of sp³-hybridized carbons (Fsp3) is 0.625. The quantitative estimate of drug-likeness (QED) is 0.747. The zero-order valence-electron chi connectivity index (χ0n) is 12.0. The zero-order chi connectivity index (χ0) is 13.2. The van der Waals surface area contributed by atoms with Crippen LogP contribution < -0.4 is 0 Å². The summed E-state index contributed by atoms with van der Waals surface area (Å²) in [5.74, 6) is 1.93. The summed E-state index contributed by atoms with van der Waals surface area (Å²) < 4.78 is 5.44. The molecular formula is C16H24OS. The Kier molecular flexibility index (Phi) is 4.39. The van der Waals surface area contributed by atoms with E-state index in [-0.39, 0.29) is 5.41 Å². The SMILES string of the molecule is Cc1ccc(C(C)(C)C)cc1SCC1CCOC1. The molecule has 0 bridgehead atoms. The first-order chi connectivity index (χ1) is 8.47. The van der Waals surface area contributed by atoms with Crippen LogP contribution in [0.3, 0.4) is 0 Å². The molecule has 1 nitrogen and oxygen atoms in total. The van der Waals surface area contributed by atoms with Crippen molar-refractivity contribution in [1.82, 2.24) is 0 Å². The number of ether oxygens (including phenoxy) is 1. The van der Waals surface area contributed by atoms with Crippen LogP contribution in [0.5, 0.6) is 0 Å². The van der Waals surface area contributed by atoms with Gasteiger partial charge < -0.3 is 4.74 Å². The monoisotopic (exact) mass is 264 g/mol. The lowest BCUT2D eigenvalue weighted by Gasteiger charge is -2.21. The van der Waals surface area contributed by atoms with Gasteiger partial charge >= 0.3 is 0 Å². The number of thioether (sulfide) groups is 1. The van der Waals surface area contributed by atoms with Gasteiger partial charge in [-0.3, -0.25) is 0 Å². The fourth-order valence-electron chi connectivity index (χ4n) is 2.14. The minimum absolute atomic E-state index is 0.236. The van der Waals surface area contributed by atoms with E-state index >= 15 is 0 Å². The van der Waals surface area contributed by atoms with E-state index in [0.717, 1.165) is 19.1 Å². The van der Waals surface area contributed by atoms with E-state index in [4.69, 9.17) is 4.74 Å². The standard InChI is InChI=1S/C16H24OS/c1-12-5-6-14(16(2,3)4)9-15(12)18-11-13-7-8-17-10-13/h5-6,9,13H,7-8,10-11H2,1-4H3. The van der Waals surface area contributed by atoms with Crippen LogP contribution in [-0.2, 0) is 10.2 Å². The molecule has 0 saturated carbocycles. The van der Waals surface area contributed by atoms with Crippen molar-refractivity contribution in [2.45, 2.75) is 44.4 Å². The Morgan fingerprint density at radius 1 is 1.33 bits per heavy atom. The molecule has 0 aromatic heterocycles. The smallest absolute Gasteiger partial charge is 0.0503 e. The van der Waals surface area contributed by atoms with Gasteiger partial charge in [0.05, 0.1) is 6.61 Å². The average Bonchev–Trinajstić information content (AvgIpc) is 2.79. The van der Waals surface area contributed by atoms with Gasteiger partial charge in [0.1, 0.15) is 0 Å². The van der Waals surface area contributed by atoms with Crippen LogP contribution in [0.4, 0.5) is 0 Å². The molecule has 100 valence electrons. The first-order valence-corrected chi connectivity index (χ1v) is 7.77. The second kappa shape index (κ2) is 5.66. The van der Waals surface area contributed by atoms with E-state index in [9.17, 15) is 0 Å². The fourth-order valence-corrected chi connectivity index (χ4v) is 3.33. The maximum absolute atomic E-state index is 5.44. The lowest BCUT2D eigenvalue weighted by atomic mass is 9.87. The highest BCUT2D eigenvalue weighted by molar-refractivity contribution is 7.99. The van der Waals surface area contributed by atoms with Crippen molar-refractivity contribution >= 4 is 11.8 Å². The predicted octanol–water partition coefficient (Wildman–Crippen LogP) is 4.42. The molecule has 0 radical (unpaired) electrons. The van der Waals surface area contributed by atoms with Crippen molar-refractivity contribution < 1.29 is 4.74 Å². The van der Waals surface area contributed by atoms with Crippen molar-refractivity contribution in [3.05, 3.63) is 29.3 Å². The van der Waals surface area contributed by atoms with Crippen LogP contribution in [0.2, 0.25) is 0 Å². The maximum Gasteiger partial charge on any atom is 0.0503 e. The molecule has 1 saturated heterocycles. The molecule has 1 aromatic rings. The Morgan fingerprint density at radius 2 is 2.11 bits per heavy atom. The third-order valence-electron chi connectivity index (χ3n) is 3.55. The number of hydrogen-bond donors (Lipinski definition) is 0. The van der Waals surface area contributed by atoms with Crippen LogP contribution in [0.15, 0.2) is 23.1 Å². The highest BCUT2D eigenvalue weighted by Crippen LogP contribution is 2.31. The minimum atomic E-state index is 0.236. The molecule has 2 rings (SSSR count). The number of aryl methyl sites for hydroxylation is 1. The van der Waals surface area contributed by atoms with Gasteiger partial charge in [0, 0.05) is 17.3 Å². The molecule has 1 unspecified atom stereocenters. The molecule has 0 aliphatic carbocycles. The molecule has 0 amide bonds. The summed E-state index contributed by atoms with van der Waals surface area (Å²) >= 11 is 1.99. The first-order valence-electron chi connectivity index (χ1n) is 6.78. The zero-order valence-corrected chi connectivity index (χ0v) is 12.8. The summed E-state index contributed by atoms with van der Waals surface area (Å²) in [6.07, 6.45) is 1.23. The van der Waals surface area contributed by atoms with Gasteiger partial charge in [0.25, 0.3) is 0 Å². The van der Waals surface area contributed by atoms with Gasteiger partial charge in [-0.05, 0) is 41.9 Å². The molecule has 0 N–H and O–H groups in total. The van der Waals surface area contributed by atoms with Crippen LogP contribution in [-0.4, -0.2) is 19.0 Å². The summed E-state index contributed by atoms with van der Waals surface area (Å²) in [5, 5.41) is 0. The van der Waals surface area contributed by atoms with Gasteiger partial charge in [-0.1, -0.05) is 32.9 Å². The molecule has 1 aliphatic heterocycles. The summed E-state index contributed by atoms with van der Waals surface area (Å²) in [5.41, 5.74) is 3.06. The molecule has 2 heteroatoms. The summed E-state index contributed by atoms with van der Waals surface area (Å²) in [7, 11) is 0. The Morgan fingerprint density at radius 3 is 2.72 bits per heavy atom. The highest BCUT2D eigenvalue weighted by Gasteiger charge is 2.18. The predicted molar refractivity (Wildman–Crippen MR) is 79.5 cm³/mol. The Balaban J connectivity index is 2.06. The first kappa shape index (κ1) is 14.0. The van der Waals surface area contributed by atoms with Crippen LogP contribution in [0.1, 0.15) is 38.3 Å². The van der Waals surface area contributed by atoms with Crippen molar-refractivity contribution in [2.75, 3.05) is 19.0 Å². The summed E-state index contributed by atoms with van der Waals surface area (Å²) in [6.45, 7) is 10.9. The number of rotatable bonds is 3. The van der Waals surface area contributed by atoms with E-state index in [1.807, 2.05) is 11.8 Å². The number of hydrogen-bond acceptors (Lipinski definition) is 2. The lowest BCUT2D eigenvalue weighted by molar-refractivity contribution is 0.189. The Bertz CT molecular complexity index is 400. The maximum atomic E-state index is 5.44. The molecular weight excluding hydrogens is 240 g/mol. The van der Waals surface area contributed by atoms with Gasteiger partial charge in [-0.2, -0.15) is 0 Å². The average molecular weight is 264 g/mol. The van der Waals surface area contributed by atoms with E-state index in [1.165, 1.54) is 28.2 Å². The van der Waals surface area contributed by atoms with Crippen LogP contribution in [0.25, 0.3) is 0 Å². The molecule has 0 spiro atoms. The Hall–Kier alpha value is -0.470. The van der Waals surface area contributed by atoms with E-state index in [2.05, 4.69) is 45.9 Å². The van der Waals surface area contributed by atoms with Gasteiger partial charge in [-0.15, -0.1) is 11.8 Å². The molecule has 1 fully saturated rings. The van der Waals surface area contributed by atoms with Crippen LogP contribution >= 0.6 is 11.8 Å². The van der Waals surface area contributed by atoms with Gasteiger partial charge in [0.2, 0.25) is 0 Å². The minimum Gasteiger partial charge on any atom is -0.381 e. The third-order valence-corrected chi connectivity index (χ3v) is 4.94. The van der Waals surface area contributed by atoms with E-state index < -0.39 is 0 Å². The summed E-state index contributed by atoms with van der Waals surface area (Å²) in [4.78, 5) is 1.44. The van der Waals surface area contributed by atoms with E-state index in [1.54, 1.807) is 0 Å². The van der Waals surface area contributed by atoms with Crippen molar-refractivity contribution in [2.24, 2.45) is 5.92 Å². The van der Waals surface area contributed by atoms with Crippen molar-refractivity contribution in [3.8, 4) is 0 Å². The molecule has 1 atom stereocenters. The topological polar surface area (TPSA) is 9.23 Å². The molecule has 1 aromatic carbocycles. The largest absolute Gasteiger partial charge is 0.381 e. The van der Waals surface area contributed by atoms with Crippen molar-refractivity contribution in [1.29, 1.82) is 0 Å². The second-order valence-electron chi connectivity index (χ2n) is 6.27. The number of benzene rings is 1. The third kappa shape index (κ3) is 3.52.